The Morgan fingerprint density at radius 1 is 1.27 bits per heavy atom. The van der Waals surface area contributed by atoms with E-state index in [9.17, 15) is 0 Å². The van der Waals surface area contributed by atoms with E-state index in [2.05, 4.69) is 12.2 Å². The highest BCUT2D eigenvalue weighted by atomic mass is 32.1. The van der Waals surface area contributed by atoms with E-state index in [0.717, 1.165) is 0 Å². The van der Waals surface area contributed by atoms with Crippen LogP contribution in [-0.2, 0) is 0 Å². The fraction of sp³-hybridized carbons (Fsp3) is 0. The van der Waals surface area contributed by atoms with E-state index >= 15 is 0 Å². The van der Waals surface area contributed by atoms with Gasteiger partial charge in [0.1, 0.15) is 0 Å². The molecule has 0 saturated carbocycles. The van der Waals surface area contributed by atoms with Crippen LogP contribution < -0.4 is 5.46 Å². The molecule has 0 amide bonds. The van der Waals surface area contributed by atoms with Gasteiger partial charge in [0, 0.05) is 5.37 Å². The summed E-state index contributed by atoms with van der Waals surface area (Å²) < 4.78 is 0. The van der Waals surface area contributed by atoms with Crippen LogP contribution >= 0.6 is 12.2 Å². The lowest BCUT2D eigenvalue weighted by Gasteiger charge is -2.01. The number of rotatable bonds is 2. The van der Waals surface area contributed by atoms with Gasteiger partial charge < -0.3 is 10.0 Å². The van der Waals surface area contributed by atoms with Gasteiger partial charge in [0.25, 0.3) is 0 Å². The first kappa shape index (κ1) is 8.39. The Bertz CT molecular complexity index is 262. The van der Waals surface area contributed by atoms with E-state index in [-0.39, 0.29) is 0 Å². The lowest BCUT2D eigenvalue weighted by atomic mass is 9.77. The van der Waals surface area contributed by atoms with Crippen molar-refractivity contribution >= 4 is 30.2 Å². The Labute approximate surface area is 70.6 Å². The smallest absolute Gasteiger partial charge is 0.423 e. The highest BCUT2D eigenvalue weighted by Gasteiger charge is 2.12. The predicted octanol–water partition coefficient (Wildman–Crippen LogP) is -0.286. The maximum atomic E-state index is 8.82. The van der Waals surface area contributed by atoms with E-state index in [4.69, 9.17) is 10.0 Å². The van der Waals surface area contributed by atoms with Crippen molar-refractivity contribution < 1.29 is 10.0 Å². The Morgan fingerprint density at radius 3 is 2.36 bits per heavy atom. The van der Waals surface area contributed by atoms with Crippen LogP contribution in [0.5, 0.6) is 0 Å². The maximum Gasteiger partial charge on any atom is 0.489 e. The molecule has 1 rings (SSSR count). The topological polar surface area (TPSA) is 40.5 Å². The molecule has 0 radical (unpaired) electrons. The van der Waals surface area contributed by atoms with Crippen molar-refractivity contribution in [3.63, 3.8) is 0 Å². The quantitative estimate of drug-likeness (QED) is 0.468. The van der Waals surface area contributed by atoms with Crippen molar-refractivity contribution in [1.82, 2.24) is 0 Å². The van der Waals surface area contributed by atoms with Gasteiger partial charge in [-0.2, -0.15) is 0 Å². The van der Waals surface area contributed by atoms with Crippen LogP contribution in [0.1, 0.15) is 5.56 Å². The summed E-state index contributed by atoms with van der Waals surface area (Å²) in [4.78, 5) is 0. The van der Waals surface area contributed by atoms with Crippen molar-refractivity contribution in [2.45, 2.75) is 0 Å². The second-order valence-corrected chi connectivity index (χ2v) is 2.36. The van der Waals surface area contributed by atoms with Gasteiger partial charge in [0.2, 0.25) is 0 Å². The van der Waals surface area contributed by atoms with E-state index in [1.807, 2.05) is 0 Å². The Morgan fingerprint density at radius 2 is 1.91 bits per heavy atom. The van der Waals surface area contributed by atoms with Crippen LogP contribution in [0.2, 0.25) is 0 Å². The third-order valence-corrected chi connectivity index (χ3v) is 1.66. The highest BCUT2D eigenvalue weighted by Crippen LogP contribution is 1.92. The fourth-order valence-electron chi connectivity index (χ4n) is 0.853. The summed E-state index contributed by atoms with van der Waals surface area (Å²) in [5, 5.41) is 19.1. The molecule has 0 aliphatic rings. The lowest BCUT2D eigenvalue weighted by molar-refractivity contribution is 0.426. The highest BCUT2D eigenvalue weighted by molar-refractivity contribution is 7.79. The number of benzene rings is 1. The van der Waals surface area contributed by atoms with Crippen LogP contribution in [0.4, 0.5) is 0 Å². The summed E-state index contributed by atoms with van der Waals surface area (Å²) in [6.45, 7) is 0. The summed E-state index contributed by atoms with van der Waals surface area (Å²) >= 11 is 4.68. The van der Waals surface area contributed by atoms with E-state index < -0.39 is 7.12 Å². The first-order valence-corrected chi connectivity index (χ1v) is 3.63. The van der Waals surface area contributed by atoms with Gasteiger partial charge in [-0.05, 0) is 11.0 Å². The standard InChI is InChI=1S/C7H7BO2S/c9-8(10)7-4-2-1-3-6(7)5-11/h1-5,9-10H. The van der Waals surface area contributed by atoms with Gasteiger partial charge in [-0.1, -0.05) is 36.5 Å². The molecular weight excluding hydrogens is 159 g/mol. The van der Waals surface area contributed by atoms with Crippen LogP contribution in [0, 0.1) is 0 Å². The van der Waals surface area contributed by atoms with Gasteiger partial charge in [-0.3, -0.25) is 0 Å². The summed E-state index contributed by atoms with van der Waals surface area (Å²) in [5.41, 5.74) is 1.13. The van der Waals surface area contributed by atoms with Gasteiger partial charge in [0.05, 0.1) is 0 Å². The normalized spacial score (nSPS) is 9.27. The Balaban J connectivity index is 3.12. The second-order valence-electron chi connectivity index (χ2n) is 2.12. The second kappa shape index (κ2) is 3.62. The average Bonchev–Trinajstić information content (AvgIpc) is 2.04. The minimum atomic E-state index is -1.44. The molecule has 0 saturated heterocycles. The lowest BCUT2D eigenvalue weighted by Crippen LogP contribution is -2.32. The molecule has 0 aliphatic heterocycles. The molecule has 2 nitrogen and oxygen atoms in total. The van der Waals surface area contributed by atoms with E-state index in [1.165, 1.54) is 5.37 Å². The SMILES string of the molecule is OB(O)c1ccccc1C=S. The molecule has 0 fully saturated rings. The molecule has 1 aromatic carbocycles. The molecule has 1 aromatic rings. The molecule has 11 heavy (non-hydrogen) atoms. The van der Waals surface area contributed by atoms with Crippen molar-refractivity contribution in [2.24, 2.45) is 0 Å². The van der Waals surface area contributed by atoms with Crippen LogP contribution in [0.15, 0.2) is 24.3 Å². The number of hydrogen-bond acceptors (Lipinski definition) is 3. The third kappa shape index (κ3) is 1.86. The molecule has 0 aromatic heterocycles. The largest absolute Gasteiger partial charge is 0.489 e. The van der Waals surface area contributed by atoms with Crippen molar-refractivity contribution in [1.29, 1.82) is 0 Å². The maximum absolute atomic E-state index is 8.82. The minimum absolute atomic E-state index is 0.447. The molecule has 2 N–H and O–H groups in total. The Hall–Kier alpha value is -0.705. The van der Waals surface area contributed by atoms with Gasteiger partial charge in [-0.25, -0.2) is 0 Å². The van der Waals surface area contributed by atoms with Gasteiger partial charge >= 0.3 is 7.12 Å². The summed E-state index contributed by atoms with van der Waals surface area (Å²) in [5.74, 6) is 0. The van der Waals surface area contributed by atoms with Crippen molar-refractivity contribution in [3.05, 3.63) is 29.8 Å². The molecule has 0 aliphatic carbocycles. The number of thiocarbonyl (C=S) groups is 1. The third-order valence-electron chi connectivity index (χ3n) is 1.40. The molecule has 56 valence electrons. The zero-order valence-electron chi connectivity index (χ0n) is 5.77. The average molecular weight is 166 g/mol. The molecular formula is C7H7BO2S. The minimum Gasteiger partial charge on any atom is -0.423 e. The molecule has 0 spiro atoms. The summed E-state index contributed by atoms with van der Waals surface area (Å²) in [7, 11) is -1.44. The zero-order valence-corrected chi connectivity index (χ0v) is 6.58. The molecule has 0 bridgehead atoms. The van der Waals surface area contributed by atoms with E-state index in [1.54, 1.807) is 24.3 Å². The first-order valence-electron chi connectivity index (χ1n) is 3.16. The Kier molecular flexibility index (Phi) is 2.76. The molecule has 4 heteroatoms. The van der Waals surface area contributed by atoms with Crippen molar-refractivity contribution in [3.8, 4) is 0 Å². The van der Waals surface area contributed by atoms with Gasteiger partial charge in [-0.15, -0.1) is 0 Å². The monoisotopic (exact) mass is 166 g/mol. The molecule has 0 atom stereocenters. The molecule has 0 heterocycles. The van der Waals surface area contributed by atoms with E-state index in [0.29, 0.717) is 11.0 Å². The van der Waals surface area contributed by atoms with Crippen LogP contribution in [0.3, 0.4) is 0 Å². The number of hydrogen-bond donors (Lipinski definition) is 2. The molecule has 0 unspecified atom stereocenters. The summed E-state index contributed by atoms with van der Waals surface area (Å²) in [6, 6.07) is 6.89. The predicted molar refractivity (Wildman–Crippen MR) is 49.0 cm³/mol. The van der Waals surface area contributed by atoms with Crippen LogP contribution in [0.25, 0.3) is 0 Å². The fourth-order valence-corrected chi connectivity index (χ4v) is 1.07. The van der Waals surface area contributed by atoms with Crippen molar-refractivity contribution in [2.75, 3.05) is 0 Å². The summed E-state index contributed by atoms with van der Waals surface area (Å²) in [6.07, 6.45) is 0. The van der Waals surface area contributed by atoms with Gasteiger partial charge in [0.15, 0.2) is 0 Å². The first-order chi connectivity index (χ1) is 5.25. The van der Waals surface area contributed by atoms with Crippen LogP contribution in [-0.4, -0.2) is 22.5 Å². The zero-order chi connectivity index (χ0) is 8.27.